The van der Waals surface area contributed by atoms with Crippen LogP contribution in [-0.2, 0) is 16.0 Å². The number of carboxylic acids is 1. The number of carboxylic acid groups (broad SMARTS) is 1. The number of nitrogens with one attached hydrogen (secondary N) is 1. The second-order valence-corrected chi connectivity index (χ2v) is 5.18. The Morgan fingerprint density at radius 1 is 1.08 bits per heavy atom. The molecule has 0 heterocycles. The molecule has 2 aromatic carbocycles. The van der Waals surface area contributed by atoms with E-state index in [2.05, 4.69) is 10.3 Å². The van der Waals surface area contributed by atoms with Gasteiger partial charge in [-0.1, -0.05) is 42.5 Å². The average Bonchev–Trinajstić information content (AvgIpc) is 2.57. The fourth-order valence-electron chi connectivity index (χ4n) is 2.11. The number of phenolic OH excluding ortho intramolecular Hbond substituents is 1. The fraction of sp³-hybridized carbons (Fsp3) is 0.167. The van der Waals surface area contributed by atoms with E-state index in [9.17, 15) is 19.8 Å². The summed E-state index contributed by atoms with van der Waals surface area (Å²) in [5.74, 6) is -1.53. The standard InChI is InChI=1S/C18H18N2O4/c21-16-9-5-4-8-14(16)11-19-12-17(22)20-15(18(23)24)10-13-6-2-1-3-7-13/h1-9,11,15,21H,10,12H2,(H,20,22)(H,23,24)/t15-/m1/s1. The second kappa shape index (κ2) is 8.47. The third-order valence-corrected chi connectivity index (χ3v) is 3.32. The van der Waals surface area contributed by atoms with Gasteiger partial charge in [0.15, 0.2) is 0 Å². The number of carbonyl (C=O) groups is 2. The number of phenols is 1. The summed E-state index contributed by atoms with van der Waals surface area (Å²) in [4.78, 5) is 27.1. The predicted molar refractivity (Wildman–Crippen MR) is 90.3 cm³/mol. The molecule has 2 rings (SSSR count). The summed E-state index contributed by atoms with van der Waals surface area (Å²) >= 11 is 0. The lowest BCUT2D eigenvalue weighted by Gasteiger charge is -2.13. The number of aromatic hydroxyl groups is 1. The zero-order valence-corrected chi connectivity index (χ0v) is 12.9. The molecular weight excluding hydrogens is 308 g/mol. The zero-order chi connectivity index (χ0) is 17.4. The first-order valence-electron chi connectivity index (χ1n) is 7.40. The Labute approximate surface area is 139 Å². The lowest BCUT2D eigenvalue weighted by molar-refractivity contribution is -0.141. The first kappa shape index (κ1) is 17.2. The molecule has 0 aromatic heterocycles. The molecule has 2 aromatic rings. The van der Waals surface area contributed by atoms with Crippen LogP contribution < -0.4 is 5.32 Å². The first-order chi connectivity index (χ1) is 11.6. The summed E-state index contributed by atoms with van der Waals surface area (Å²) in [6.07, 6.45) is 1.58. The van der Waals surface area contributed by atoms with Crippen LogP contribution in [0.1, 0.15) is 11.1 Å². The van der Waals surface area contributed by atoms with Crippen molar-refractivity contribution < 1.29 is 19.8 Å². The van der Waals surface area contributed by atoms with Gasteiger partial charge in [-0.25, -0.2) is 4.79 Å². The van der Waals surface area contributed by atoms with Crippen LogP contribution in [-0.4, -0.2) is 40.9 Å². The van der Waals surface area contributed by atoms with E-state index < -0.39 is 17.9 Å². The smallest absolute Gasteiger partial charge is 0.326 e. The number of carbonyl (C=O) groups excluding carboxylic acids is 1. The van der Waals surface area contributed by atoms with E-state index in [-0.39, 0.29) is 18.7 Å². The number of hydrogen-bond donors (Lipinski definition) is 3. The third kappa shape index (κ3) is 5.24. The van der Waals surface area contributed by atoms with Gasteiger partial charge in [0.05, 0.1) is 0 Å². The van der Waals surface area contributed by atoms with Crippen molar-refractivity contribution in [3.05, 3.63) is 65.7 Å². The molecular formula is C18H18N2O4. The molecule has 3 N–H and O–H groups in total. The summed E-state index contributed by atoms with van der Waals surface area (Å²) in [7, 11) is 0. The Bertz CT molecular complexity index is 729. The van der Waals surface area contributed by atoms with Crippen molar-refractivity contribution in [2.45, 2.75) is 12.5 Å². The van der Waals surface area contributed by atoms with Crippen molar-refractivity contribution in [1.29, 1.82) is 0 Å². The van der Waals surface area contributed by atoms with Gasteiger partial charge >= 0.3 is 5.97 Å². The minimum absolute atomic E-state index is 0.0640. The molecule has 6 nitrogen and oxygen atoms in total. The highest BCUT2D eigenvalue weighted by Gasteiger charge is 2.19. The van der Waals surface area contributed by atoms with Crippen molar-refractivity contribution in [3.8, 4) is 5.75 Å². The molecule has 0 aliphatic rings. The molecule has 0 radical (unpaired) electrons. The van der Waals surface area contributed by atoms with Gasteiger partial charge in [0.25, 0.3) is 0 Å². The molecule has 24 heavy (non-hydrogen) atoms. The Kier molecular flexibility index (Phi) is 6.08. The summed E-state index contributed by atoms with van der Waals surface area (Å²) < 4.78 is 0. The zero-order valence-electron chi connectivity index (χ0n) is 12.9. The summed E-state index contributed by atoms with van der Waals surface area (Å²) in [6.45, 7) is -0.215. The van der Waals surface area contributed by atoms with E-state index in [1.54, 1.807) is 30.3 Å². The second-order valence-electron chi connectivity index (χ2n) is 5.18. The van der Waals surface area contributed by atoms with Crippen LogP contribution in [0.4, 0.5) is 0 Å². The Hall–Kier alpha value is -3.15. The molecule has 0 saturated carbocycles. The quantitative estimate of drug-likeness (QED) is 0.673. The Morgan fingerprint density at radius 3 is 2.42 bits per heavy atom. The predicted octanol–water partition coefficient (Wildman–Crippen LogP) is 1.62. The van der Waals surface area contributed by atoms with Gasteiger partial charge < -0.3 is 15.5 Å². The Morgan fingerprint density at radius 2 is 1.75 bits per heavy atom. The third-order valence-electron chi connectivity index (χ3n) is 3.32. The molecule has 1 atom stereocenters. The van der Waals surface area contributed by atoms with Crippen LogP contribution in [0.5, 0.6) is 5.75 Å². The van der Waals surface area contributed by atoms with E-state index in [4.69, 9.17) is 0 Å². The van der Waals surface area contributed by atoms with E-state index in [0.29, 0.717) is 5.56 Å². The maximum atomic E-state index is 11.9. The number of aliphatic imine (C=N–C) groups is 1. The van der Waals surface area contributed by atoms with E-state index in [1.807, 2.05) is 18.2 Å². The molecule has 6 heteroatoms. The van der Waals surface area contributed by atoms with Gasteiger partial charge in [-0.2, -0.15) is 0 Å². The minimum Gasteiger partial charge on any atom is -0.507 e. The van der Waals surface area contributed by atoms with Crippen LogP contribution >= 0.6 is 0 Å². The minimum atomic E-state index is -1.10. The van der Waals surface area contributed by atoms with Crippen molar-refractivity contribution in [2.75, 3.05) is 6.54 Å². The van der Waals surface area contributed by atoms with Gasteiger partial charge in [0.1, 0.15) is 18.3 Å². The van der Waals surface area contributed by atoms with Crippen molar-refractivity contribution >= 4 is 18.1 Å². The molecule has 0 saturated heterocycles. The molecule has 0 fully saturated rings. The van der Waals surface area contributed by atoms with Gasteiger partial charge in [0, 0.05) is 18.2 Å². The molecule has 0 spiro atoms. The molecule has 0 aliphatic heterocycles. The monoisotopic (exact) mass is 326 g/mol. The largest absolute Gasteiger partial charge is 0.507 e. The summed E-state index contributed by atoms with van der Waals surface area (Å²) in [5.41, 5.74) is 1.31. The first-order valence-corrected chi connectivity index (χ1v) is 7.40. The number of hydrogen-bond acceptors (Lipinski definition) is 4. The van der Waals surface area contributed by atoms with Gasteiger partial charge in [-0.05, 0) is 17.7 Å². The van der Waals surface area contributed by atoms with E-state index >= 15 is 0 Å². The number of para-hydroxylation sites is 1. The number of benzene rings is 2. The van der Waals surface area contributed by atoms with Crippen LogP contribution in [0.15, 0.2) is 59.6 Å². The normalized spacial score (nSPS) is 12.0. The van der Waals surface area contributed by atoms with Gasteiger partial charge in [-0.15, -0.1) is 0 Å². The highest BCUT2D eigenvalue weighted by atomic mass is 16.4. The van der Waals surface area contributed by atoms with Crippen molar-refractivity contribution in [1.82, 2.24) is 5.32 Å². The SMILES string of the molecule is O=C(CN=Cc1ccccc1O)N[C@H](Cc1ccccc1)C(=O)O. The highest BCUT2D eigenvalue weighted by molar-refractivity contribution is 5.88. The lowest BCUT2D eigenvalue weighted by Crippen LogP contribution is -2.43. The maximum Gasteiger partial charge on any atom is 0.326 e. The van der Waals surface area contributed by atoms with Gasteiger partial charge in [-0.3, -0.25) is 9.79 Å². The van der Waals surface area contributed by atoms with Crippen LogP contribution in [0.3, 0.4) is 0 Å². The summed E-state index contributed by atoms with van der Waals surface area (Å²) in [5, 5.41) is 21.3. The van der Waals surface area contributed by atoms with E-state index in [0.717, 1.165) is 5.56 Å². The highest BCUT2D eigenvalue weighted by Crippen LogP contribution is 2.12. The number of amides is 1. The maximum absolute atomic E-state index is 11.9. The number of nitrogens with zero attached hydrogens (tertiary/aromatic N) is 1. The average molecular weight is 326 g/mol. The molecule has 0 aliphatic carbocycles. The molecule has 0 bridgehead atoms. The van der Waals surface area contributed by atoms with Crippen LogP contribution in [0.25, 0.3) is 0 Å². The molecule has 1 amide bonds. The Balaban J connectivity index is 1.91. The fourth-order valence-corrected chi connectivity index (χ4v) is 2.11. The summed E-state index contributed by atoms with van der Waals surface area (Å²) in [6, 6.07) is 14.7. The lowest BCUT2D eigenvalue weighted by atomic mass is 10.1. The molecule has 0 unspecified atom stereocenters. The van der Waals surface area contributed by atoms with Crippen molar-refractivity contribution in [2.24, 2.45) is 4.99 Å². The van der Waals surface area contributed by atoms with E-state index in [1.165, 1.54) is 12.3 Å². The van der Waals surface area contributed by atoms with Crippen LogP contribution in [0.2, 0.25) is 0 Å². The number of aliphatic carboxylic acids is 1. The molecule has 124 valence electrons. The number of rotatable bonds is 7. The van der Waals surface area contributed by atoms with Crippen molar-refractivity contribution in [3.63, 3.8) is 0 Å². The van der Waals surface area contributed by atoms with Gasteiger partial charge in [0.2, 0.25) is 5.91 Å². The van der Waals surface area contributed by atoms with Crippen LogP contribution in [0, 0.1) is 0 Å². The topological polar surface area (TPSA) is 99.0 Å².